The first-order chi connectivity index (χ1) is 15.7. The van der Waals surface area contributed by atoms with Crippen LogP contribution in [-0.4, -0.2) is 4.98 Å². The van der Waals surface area contributed by atoms with Crippen molar-refractivity contribution in [2.24, 2.45) is 5.92 Å². The highest BCUT2D eigenvalue weighted by Gasteiger charge is 2.11. The number of rotatable bonds is 17. The van der Waals surface area contributed by atoms with E-state index in [1.807, 2.05) is 6.20 Å². The molecule has 0 aliphatic carbocycles. The number of hydrogen-bond acceptors (Lipinski definition) is 1. The van der Waals surface area contributed by atoms with Crippen molar-refractivity contribution in [1.29, 1.82) is 0 Å². The van der Waals surface area contributed by atoms with Gasteiger partial charge in [0.15, 0.2) is 0 Å². The van der Waals surface area contributed by atoms with Crippen molar-refractivity contribution < 1.29 is 0 Å². The maximum absolute atomic E-state index is 4.75. The van der Waals surface area contributed by atoms with Gasteiger partial charge in [0.2, 0.25) is 0 Å². The van der Waals surface area contributed by atoms with Crippen molar-refractivity contribution in [1.82, 2.24) is 4.98 Å². The summed E-state index contributed by atoms with van der Waals surface area (Å²) in [6, 6.07) is 11.9. The van der Waals surface area contributed by atoms with Gasteiger partial charge in [-0.3, -0.25) is 4.98 Å². The first-order valence-electron chi connectivity index (χ1n) is 13.8. The van der Waals surface area contributed by atoms with E-state index in [0.29, 0.717) is 0 Å². The van der Waals surface area contributed by atoms with Crippen molar-refractivity contribution in [2.75, 3.05) is 0 Å². The van der Waals surface area contributed by atoms with E-state index in [9.17, 15) is 0 Å². The van der Waals surface area contributed by atoms with E-state index in [0.717, 1.165) is 12.3 Å². The predicted octanol–water partition coefficient (Wildman–Crippen LogP) is 9.75. The second kappa shape index (κ2) is 16.1. The van der Waals surface area contributed by atoms with E-state index in [1.165, 1.54) is 112 Å². The quantitative estimate of drug-likeness (QED) is 0.225. The first-order valence-corrected chi connectivity index (χ1v) is 13.8. The van der Waals surface area contributed by atoms with Crippen LogP contribution in [0, 0.1) is 5.92 Å². The van der Waals surface area contributed by atoms with Gasteiger partial charge in [-0.1, -0.05) is 110 Å². The van der Waals surface area contributed by atoms with Gasteiger partial charge >= 0.3 is 0 Å². The Morgan fingerprint density at radius 2 is 1.44 bits per heavy atom. The van der Waals surface area contributed by atoms with E-state index < -0.39 is 0 Å². The van der Waals surface area contributed by atoms with E-state index in [1.54, 1.807) is 5.56 Å². The lowest BCUT2D eigenvalue weighted by Gasteiger charge is -2.16. The minimum absolute atomic E-state index is 0.761. The molecule has 2 aromatic rings. The van der Waals surface area contributed by atoms with Crippen molar-refractivity contribution in [2.45, 2.75) is 124 Å². The Kier molecular flexibility index (Phi) is 13.4. The number of unbranched alkanes of at least 4 members (excludes halogenated alkanes) is 7. The van der Waals surface area contributed by atoms with Crippen molar-refractivity contribution in [3.05, 3.63) is 53.3 Å². The third-order valence-electron chi connectivity index (χ3n) is 6.96. The largest absolute Gasteiger partial charge is 0.261 e. The zero-order valence-corrected chi connectivity index (χ0v) is 21.6. The van der Waals surface area contributed by atoms with Gasteiger partial charge in [0, 0.05) is 11.9 Å². The van der Waals surface area contributed by atoms with E-state index in [4.69, 9.17) is 4.98 Å². The highest BCUT2D eigenvalue weighted by molar-refractivity contribution is 5.68. The number of benzene rings is 1. The van der Waals surface area contributed by atoms with Crippen LogP contribution in [0.2, 0.25) is 0 Å². The summed E-state index contributed by atoms with van der Waals surface area (Å²) in [6.07, 6.45) is 21.4. The summed E-state index contributed by atoms with van der Waals surface area (Å²) < 4.78 is 0. The molecule has 32 heavy (non-hydrogen) atoms. The van der Waals surface area contributed by atoms with Gasteiger partial charge in [0.05, 0.1) is 0 Å². The lowest BCUT2D eigenvalue weighted by Crippen LogP contribution is -2.05. The van der Waals surface area contributed by atoms with Gasteiger partial charge in [-0.15, -0.1) is 0 Å². The van der Waals surface area contributed by atoms with E-state index >= 15 is 0 Å². The molecule has 1 aromatic heterocycles. The van der Waals surface area contributed by atoms with Gasteiger partial charge in [-0.2, -0.15) is 0 Å². The molecule has 0 radical (unpaired) electrons. The molecular formula is C31H49N. The van der Waals surface area contributed by atoms with Gasteiger partial charge in [-0.05, 0) is 72.4 Å². The second-order valence-corrected chi connectivity index (χ2v) is 9.77. The molecule has 1 atom stereocenters. The zero-order valence-electron chi connectivity index (χ0n) is 21.6. The predicted molar refractivity (Wildman–Crippen MR) is 142 cm³/mol. The molecule has 1 nitrogen and oxygen atoms in total. The zero-order chi connectivity index (χ0) is 23.0. The van der Waals surface area contributed by atoms with E-state index in [2.05, 4.69) is 58.0 Å². The number of aromatic nitrogens is 1. The van der Waals surface area contributed by atoms with Crippen LogP contribution in [0.5, 0.6) is 0 Å². The maximum Gasteiger partial charge on any atom is 0.0412 e. The summed E-state index contributed by atoms with van der Waals surface area (Å²) in [5, 5.41) is 0. The van der Waals surface area contributed by atoms with Crippen LogP contribution in [0.3, 0.4) is 0 Å². The maximum atomic E-state index is 4.75. The highest BCUT2D eigenvalue weighted by atomic mass is 14.7. The Morgan fingerprint density at radius 1 is 0.719 bits per heavy atom. The summed E-state index contributed by atoms with van der Waals surface area (Å²) in [5.41, 5.74) is 7.14. The number of nitrogens with zero attached hydrogens (tertiary/aromatic N) is 1. The van der Waals surface area contributed by atoms with Crippen LogP contribution in [0.1, 0.15) is 122 Å². The van der Waals surface area contributed by atoms with Crippen LogP contribution in [0.4, 0.5) is 0 Å². The van der Waals surface area contributed by atoms with Crippen LogP contribution in [0.15, 0.2) is 36.5 Å². The van der Waals surface area contributed by atoms with Crippen LogP contribution < -0.4 is 0 Å². The molecule has 1 heteroatoms. The fraction of sp³-hybridized carbons (Fsp3) is 0.645. The number of aryl methyl sites for hydroxylation is 2. The molecule has 0 spiro atoms. The summed E-state index contributed by atoms with van der Waals surface area (Å²) in [6.45, 7) is 9.21. The molecule has 0 N–H and O–H groups in total. The lowest BCUT2D eigenvalue weighted by molar-refractivity contribution is 0.445. The van der Waals surface area contributed by atoms with Crippen LogP contribution in [0.25, 0.3) is 11.1 Å². The summed E-state index contributed by atoms with van der Waals surface area (Å²) in [4.78, 5) is 4.75. The molecule has 0 saturated heterocycles. The lowest BCUT2D eigenvalue weighted by atomic mass is 9.90. The van der Waals surface area contributed by atoms with Gasteiger partial charge in [0.25, 0.3) is 0 Å². The normalized spacial score (nSPS) is 12.2. The Bertz CT molecular complexity index is 748. The fourth-order valence-corrected chi connectivity index (χ4v) is 4.79. The Hall–Kier alpha value is -1.63. The summed E-state index contributed by atoms with van der Waals surface area (Å²) in [5.74, 6) is 0.761. The van der Waals surface area contributed by atoms with Gasteiger partial charge < -0.3 is 0 Å². The molecule has 0 amide bonds. The minimum Gasteiger partial charge on any atom is -0.261 e. The molecular weight excluding hydrogens is 386 g/mol. The molecule has 0 bridgehead atoms. The highest BCUT2D eigenvalue weighted by Crippen LogP contribution is 2.29. The molecule has 1 heterocycles. The minimum atomic E-state index is 0.761. The molecule has 178 valence electrons. The molecule has 0 fully saturated rings. The monoisotopic (exact) mass is 435 g/mol. The molecule has 1 unspecified atom stereocenters. The summed E-state index contributed by atoms with van der Waals surface area (Å²) >= 11 is 0. The molecule has 0 aliphatic heterocycles. The SMILES string of the molecule is CCCCCCc1ccc(-c2ccnc(CC(CC)CCCC)c2)c(CCCCCC)c1. The Morgan fingerprint density at radius 3 is 2.12 bits per heavy atom. The van der Waals surface area contributed by atoms with Crippen molar-refractivity contribution >= 4 is 0 Å². The standard InChI is InChI=1S/C31H49N/c1-5-9-12-14-17-27-19-20-31(28(23-27)18-15-13-10-6-2)29-21-22-32-30(25-29)24-26(8-4)16-11-7-3/h19-23,25-26H,5-18,24H2,1-4H3. The molecule has 1 aromatic carbocycles. The van der Waals surface area contributed by atoms with Crippen molar-refractivity contribution in [3.63, 3.8) is 0 Å². The second-order valence-electron chi connectivity index (χ2n) is 9.77. The average Bonchev–Trinajstić information content (AvgIpc) is 2.82. The topological polar surface area (TPSA) is 12.9 Å². The van der Waals surface area contributed by atoms with Crippen molar-refractivity contribution in [3.8, 4) is 11.1 Å². The Balaban J connectivity index is 2.19. The van der Waals surface area contributed by atoms with Crippen LogP contribution in [-0.2, 0) is 19.3 Å². The summed E-state index contributed by atoms with van der Waals surface area (Å²) in [7, 11) is 0. The molecule has 2 rings (SSSR count). The fourth-order valence-electron chi connectivity index (χ4n) is 4.79. The third kappa shape index (κ3) is 9.47. The van der Waals surface area contributed by atoms with Crippen LogP contribution >= 0.6 is 0 Å². The van der Waals surface area contributed by atoms with Gasteiger partial charge in [-0.25, -0.2) is 0 Å². The number of pyridine rings is 1. The van der Waals surface area contributed by atoms with Gasteiger partial charge in [0.1, 0.15) is 0 Å². The average molecular weight is 436 g/mol. The van der Waals surface area contributed by atoms with E-state index in [-0.39, 0.29) is 0 Å². The third-order valence-corrected chi connectivity index (χ3v) is 6.96. The smallest absolute Gasteiger partial charge is 0.0412 e. The molecule has 0 saturated carbocycles. The molecule has 0 aliphatic rings. The first kappa shape index (κ1) is 26.6. The Labute approximate surface area is 199 Å². The number of hydrogen-bond donors (Lipinski definition) is 0.